The standard InChI is InChI=1S/C19H22N6O4/c1-19(2,3)18-20-14(29-25-18)10-6-9-13(26)21-24-17(28)15-11-7-4-5-8-12(11)16(27)23-22-15/h4-5,7-8H,6,9-10H2,1-3H3,(H,21,26)(H,23,27)(H,24,28). The minimum absolute atomic E-state index is 0.0149. The molecule has 2 heterocycles. The van der Waals surface area contributed by atoms with Gasteiger partial charge in [-0.1, -0.05) is 44.1 Å². The number of hydrazine groups is 1. The maximum absolute atomic E-state index is 12.3. The fraction of sp³-hybridized carbons (Fsp3) is 0.368. The van der Waals surface area contributed by atoms with E-state index in [0.29, 0.717) is 35.3 Å². The molecule has 0 aliphatic carbocycles. The van der Waals surface area contributed by atoms with Gasteiger partial charge in [-0.2, -0.15) is 10.1 Å². The van der Waals surface area contributed by atoms with Gasteiger partial charge >= 0.3 is 0 Å². The molecule has 10 nitrogen and oxygen atoms in total. The molecule has 10 heteroatoms. The van der Waals surface area contributed by atoms with E-state index in [9.17, 15) is 14.4 Å². The summed E-state index contributed by atoms with van der Waals surface area (Å²) in [6.45, 7) is 5.95. The predicted molar refractivity (Wildman–Crippen MR) is 104 cm³/mol. The van der Waals surface area contributed by atoms with Crippen LogP contribution in [0.3, 0.4) is 0 Å². The number of H-pyrrole nitrogens is 1. The average molecular weight is 398 g/mol. The maximum atomic E-state index is 12.3. The molecule has 1 aromatic carbocycles. The Labute approximate surface area is 166 Å². The summed E-state index contributed by atoms with van der Waals surface area (Å²) in [6.07, 6.45) is 1.09. The molecule has 29 heavy (non-hydrogen) atoms. The Kier molecular flexibility index (Phi) is 5.71. The summed E-state index contributed by atoms with van der Waals surface area (Å²) < 4.78 is 5.18. The van der Waals surface area contributed by atoms with E-state index in [4.69, 9.17) is 4.52 Å². The minimum Gasteiger partial charge on any atom is -0.339 e. The molecule has 2 aromatic heterocycles. The Hall–Kier alpha value is -3.56. The lowest BCUT2D eigenvalue weighted by Crippen LogP contribution is -2.42. The molecular formula is C19H22N6O4. The number of amides is 2. The molecule has 0 aliphatic heterocycles. The van der Waals surface area contributed by atoms with Crippen LogP contribution in [0.5, 0.6) is 0 Å². The second kappa shape index (κ2) is 8.21. The number of hydrogen-bond acceptors (Lipinski definition) is 7. The highest BCUT2D eigenvalue weighted by Gasteiger charge is 2.21. The van der Waals surface area contributed by atoms with Gasteiger partial charge in [0.05, 0.1) is 5.39 Å². The van der Waals surface area contributed by atoms with Crippen molar-refractivity contribution in [3.05, 3.63) is 52.0 Å². The van der Waals surface area contributed by atoms with Crippen LogP contribution >= 0.6 is 0 Å². The Balaban J connectivity index is 1.51. The number of carbonyl (C=O) groups excluding carboxylic acids is 2. The van der Waals surface area contributed by atoms with Gasteiger partial charge in [0.25, 0.3) is 11.5 Å². The van der Waals surface area contributed by atoms with E-state index in [0.717, 1.165) is 0 Å². The second-order valence-corrected chi connectivity index (χ2v) is 7.56. The highest BCUT2D eigenvalue weighted by molar-refractivity contribution is 6.05. The number of carbonyl (C=O) groups is 2. The molecule has 2 amide bonds. The van der Waals surface area contributed by atoms with E-state index in [2.05, 4.69) is 31.2 Å². The topological polar surface area (TPSA) is 143 Å². The molecule has 0 saturated carbocycles. The predicted octanol–water partition coefficient (Wildman–Crippen LogP) is 1.39. The van der Waals surface area contributed by atoms with Crippen LogP contribution in [0.1, 0.15) is 55.8 Å². The number of nitrogens with one attached hydrogen (secondary N) is 3. The molecule has 0 spiro atoms. The third-order valence-electron chi connectivity index (χ3n) is 4.16. The molecule has 0 aliphatic rings. The Morgan fingerprint density at radius 3 is 2.55 bits per heavy atom. The molecular weight excluding hydrogens is 376 g/mol. The van der Waals surface area contributed by atoms with Gasteiger partial charge in [-0.25, -0.2) is 5.10 Å². The summed E-state index contributed by atoms with van der Waals surface area (Å²) in [5.74, 6) is 0.0840. The maximum Gasteiger partial charge on any atom is 0.290 e. The normalized spacial score (nSPS) is 11.4. The molecule has 0 radical (unpaired) electrons. The smallest absolute Gasteiger partial charge is 0.290 e. The van der Waals surface area contributed by atoms with Crippen molar-refractivity contribution in [2.24, 2.45) is 0 Å². The number of fused-ring (bicyclic) bond motifs is 1. The first-order valence-electron chi connectivity index (χ1n) is 9.15. The first-order valence-corrected chi connectivity index (χ1v) is 9.15. The van der Waals surface area contributed by atoms with Crippen LogP contribution < -0.4 is 16.4 Å². The largest absolute Gasteiger partial charge is 0.339 e. The van der Waals surface area contributed by atoms with Gasteiger partial charge < -0.3 is 4.52 Å². The summed E-state index contributed by atoms with van der Waals surface area (Å²) in [5, 5.41) is 10.7. The first-order chi connectivity index (χ1) is 13.8. The van der Waals surface area contributed by atoms with Gasteiger partial charge in [0.2, 0.25) is 11.8 Å². The lowest BCUT2D eigenvalue weighted by molar-refractivity contribution is -0.121. The summed E-state index contributed by atoms with van der Waals surface area (Å²) in [7, 11) is 0. The Bertz CT molecular complexity index is 1100. The van der Waals surface area contributed by atoms with Crippen molar-refractivity contribution in [3.8, 4) is 0 Å². The second-order valence-electron chi connectivity index (χ2n) is 7.56. The zero-order chi connectivity index (χ0) is 21.0. The summed E-state index contributed by atoms with van der Waals surface area (Å²) >= 11 is 0. The van der Waals surface area contributed by atoms with Crippen molar-refractivity contribution in [1.29, 1.82) is 0 Å². The van der Waals surface area contributed by atoms with E-state index < -0.39 is 11.5 Å². The molecule has 0 atom stereocenters. The summed E-state index contributed by atoms with van der Waals surface area (Å²) in [5.41, 5.74) is 4.07. The van der Waals surface area contributed by atoms with Crippen molar-refractivity contribution in [2.45, 2.75) is 45.4 Å². The van der Waals surface area contributed by atoms with Crippen molar-refractivity contribution < 1.29 is 14.1 Å². The number of aromatic nitrogens is 4. The molecule has 3 rings (SSSR count). The molecule has 0 bridgehead atoms. The van der Waals surface area contributed by atoms with Gasteiger partial charge in [0.15, 0.2) is 11.5 Å². The molecule has 152 valence electrons. The van der Waals surface area contributed by atoms with Crippen molar-refractivity contribution >= 4 is 22.6 Å². The SMILES string of the molecule is CC(C)(C)c1noc(CCCC(=O)NNC(=O)c2n[nH]c(=O)c3ccccc23)n1. The Morgan fingerprint density at radius 2 is 1.86 bits per heavy atom. The van der Waals surface area contributed by atoms with Crippen molar-refractivity contribution in [2.75, 3.05) is 0 Å². The average Bonchev–Trinajstić information content (AvgIpc) is 3.16. The Morgan fingerprint density at radius 1 is 1.14 bits per heavy atom. The zero-order valence-corrected chi connectivity index (χ0v) is 16.4. The van der Waals surface area contributed by atoms with Crippen LogP contribution in [-0.2, 0) is 16.6 Å². The molecule has 3 N–H and O–H groups in total. The fourth-order valence-electron chi connectivity index (χ4n) is 2.60. The van der Waals surface area contributed by atoms with Gasteiger partial charge in [0, 0.05) is 23.6 Å². The lowest BCUT2D eigenvalue weighted by Gasteiger charge is -2.10. The number of benzene rings is 1. The van der Waals surface area contributed by atoms with E-state index in [1.54, 1.807) is 24.3 Å². The minimum atomic E-state index is -0.627. The monoisotopic (exact) mass is 398 g/mol. The van der Waals surface area contributed by atoms with E-state index in [1.165, 1.54) is 0 Å². The van der Waals surface area contributed by atoms with Crippen LogP contribution in [0.2, 0.25) is 0 Å². The third kappa shape index (κ3) is 4.84. The van der Waals surface area contributed by atoms with Crippen LogP contribution in [0.25, 0.3) is 10.8 Å². The molecule has 0 saturated heterocycles. The fourth-order valence-corrected chi connectivity index (χ4v) is 2.60. The third-order valence-corrected chi connectivity index (χ3v) is 4.16. The molecule has 0 unspecified atom stereocenters. The lowest BCUT2D eigenvalue weighted by atomic mass is 9.96. The van der Waals surface area contributed by atoms with Crippen molar-refractivity contribution in [1.82, 2.24) is 31.2 Å². The van der Waals surface area contributed by atoms with Gasteiger partial charge in [-0.05, 0) is 12.5 Å². The number of rotatable bonds is 5. The highest BCUT2D eigenvalue weighted by atomic mass is 16.5. The number of hydrogen-bond donors (Lipinski definition) is 3. The van der Waals surface area contributed by atoms with Crippen LogP contribution in [0.4, 0.5) is 0 Å². The zero-order valence-electron chi connectivity index (χ0n) is 16.4. The van der Waals surface area contributed by atoms with E-state index >= 15 is 0 Å². The number of aryl methyl sites for hydroxylation is 1. The van der Waals surface area contributed by atoms with Crippen molar-refractivity contribution in [3.63, 3.8) is 0 Å². The van der Waals surface area contributed by atoms with Gasteiger partial charge in [0.1, 0.15) is 0 Å². The van der Waals surface area contributed by atoms with E-state index in [-0.39, 0.29) is 23.4 Å². The quantitative estimate of drug-likeness (QED) is 0.551. The van der Waals surface area contributed by atoms with E-state index in [1.807, 2.05) is 20.8 Å². The van der Waals surface area contributed by atoms with Gasteiger partial charge in [-0.3, -0.25) is 25.2 Å². The number of aromatic amines is 1. The van der Waals surface area contributed by atoms with Crippen LogP contribution in [0.15, 0.2) is 33.6 Å². The van der Waals surface area contributed by atoms with Crippen LogP contribution in [-0.4, -0.2) is 32.2 Å². The summed E-state index contributed by atoms with van der Waals surface area (Å²) in [4.78, 5) is 40.4. The number of nitrogens with zero attached hydrogens (tertiary/aromatic N) is 3. The molecule has 0 fully saturated rings. The highest BCUT2D eigenvalue weighted by Crippen LogP contribution is 2.19. The molecule has 3 aromatic rings. The van der Waals surface area contributed by atoms with Crippen LogP contribution in [0, 0.1) is 0 Å². The van der Waals surface area contributed by atoms with Gasteiger partial charge in [-0.15, -0.1) is 0 Å². The summed E-state index contributed by atoms with van der Waals surface area (Å²) in [6, 6.07) is 6.59. The first kappa shape index (κ1) is 20.2.